The lowest BCUT2D eigenvalue weighted by Crippen LogP contribution is -2.09. The normalized spacial score (nSPS) is 10.4. The number of hydrogen-bond acceptors (Lipinski definition) is 3. The van der Waals surface area contributed by atoms with E-state index < -0.39 is 0 Å². The molecule has 1 N–H and O–H groups in total. The third kappa shape index (κ3) is 5.03. The first kappa shape index (κ1) is 17.9. The Kier molecular flexibility index (Phi) is 6.15. The molecule has 3 nitrogen and oxygen atoms in total. The van der Waals surface area contributed by atoms with Crippen molar-refractivity contribution in [2.45, 2.75) is 20.4 Å². The average molecular weight is 347 g/mol. The van der Waals surface area contributed by atoms with E-state index in [0.717, 1.165) is 18.0 Å². The van der Waals surface area contributed by atoms with Crippen LogP contribution in [0.25, 0.3) is 0 Å². The quantitative estimate of drug-likeness (QED) is 0.555. The fourth-order valence-electron chi connectivity index (χ4n) is 2.86. The van der Waals surface area contributed by atoms with E-state index in [9.17, 15) is 0 Å². The lowest BCUT2D eigenvalue weighted by atomic mass is 10.1. The lowest BCUT2D eigenvalue weighted by Gasteiger charge is -2.13. The minimum atomic E-state index is 0.517. The lowest BCUT2D eigenvalue weighted by molar-refractivity contribution is 0.217. The number of hydrogen-bond donors (Lipinski definition) is 1. The SMILES string of the molecule is Cc1cccc(C)c1NCc1cccc(OCCOc2ccccc2)c1. The first-order chi connectivity index (χ1) is 12.7. The summed E-state index contributed by atoms with van der Waals surface area (Å²) in [7, 11) is 0. The first-order valence-electron chi connectivity index (χ1n) is 8.92. The van der Waals surface area contributed by atoms with Gasteiger partial charge in [0, 0.05) is 12.2 Å². The monoisotopic (exact) mass is 347 g/mol. The molecule has 0 saturated carbocycles. The predicted molar refractivity (Wildman–Crippen MR) is 107 cm³/mol. The fraction of sp³-hybridized carbons (Fsp3) is 0.217. The summed E-state index contributed by atoms with van der Waals surface area (Å²) < 4.78 is 11.5. The van der Waals surface area contributed by atoms with Gasteiger partial charge in [0.2, 0.25) is 0 Å². The molecular formula is C23H25NO2. The van der Waals surface area contributed by atoms with E-state index in [2.05, 4.69) is 49.5 Å². The highest BCUT2D eigenvalue weighted by molar-refractivity contribution is 5.56. The summed E-state index contributed by atoms with van der Waals surface area (Å²) in [5.41, 5.74) is 4.91. The molecule has 0 unspecified atom stereocenters. The minimum Gasteiger partial charge on any atom is -0.490 e. The molecule has 3 aromatic rings. The van der Waals surface area contributed by atoms with E-state index >= 15 is 0 Å². The molecule has 3 aromatic carbocycles. The van der Waals surface area contributed by atoms with Crippen LogP contribution in [-0.2, 0) is 6.54 Å². The maximum absolute atomic E-state index is 5.82. The van der Waals surface area contributed by atoms with Gasteiger partial charge in [-0.15, -0.1) is 0 Å². The van der Waals surface area contributed by atoms with Crippen LogP contribution in [0.4, 0.5) is 5.69 Å². The molecule has 3 rings (SSSR count). The van der Waals surface area contributed by atoms with Crippen molar-refractivity contribution in [1.82, 2.24) is 0 Å². The second kappa shape index (κ2) is 8.95. The topological polar surface area (TPSA) is 30.5 Å². The summed E-state index contributed by atoms with van der Waals surface area (Å²) in [5.74, 6) is 1.73. The molecule has 0 aromatic heterocycles. The molecule has 3 heteroatoms. The van der Waals surface area contributed by atoms with Crippen molar-refractivity contribution in [2.75, 3.05) is 18.5 Å². The Bertz CT molecular complexity index is 810. The van der Waals surface area contributed by atoms with Crippen molar-refractivity contribution in [1.29, 1.82) is 0 Å². The molecule has 0 bridgehead atoms. The number of anilines is 1. The maximum Gasteiger partial charge on any atom is 0.122 e. The largest absolute Gasteiger partial charge is 0.490 e. The Labute approximate surface area is 155 Å². The van der Waals surface area contributed by atoms with Crippen LogP contribution in [0.3, 0.4) is 0 Å². The summed E-state index contributed by atoms with van der Waals surface area (Å²) in [6, 6.07) is 24.3. The van der Waals surface area contributed by atoms with Gasteiger partial charge in [-0.1, -0.05) is 48.5 Å². The van der Waals surface area contributed by atoms with Crippen molar-refractivity contribution >= 4 is 5.69 Å². The highest BCUT2D eigenvalue weighted by Crippen LogP contribution is 2.21. The van der Waals surface area contributed by atoms with Gasteiger partial charge in [0.1, 0.15) is 24.7 Å². The molecule has 134 valence electrons. The Morgan fingerprint density at radius 3 is 2.04 bits per heavy atom. The van der Waals surface area contributed by atoms with Gasteiger partial charge in [0.15, 0.2) is 0 Å². The van der Waals surface area contributed by atoms with E-state index in [4.69, 9.17) is 9.47 Å². The molecule has 0 radical (unpaired) electrons. The molecule has 0 atom stereocenters. The van der Waals surface area contributed by atoms with Crippen LogP contribution in [-0.4, -0.2) is 13.2 Å². The molecule has 0 aliphatic rings. The van der Waals surface area contributed by atoms with Gasteiger partial charge in [0.05, 0.1) is 0 Å². The average Bonchev–Trinajstić information content (AvgIpc) is 2.66. The summed E-state index contributed by atoms with van der Waals surface area (Å²) in [5, 5.41) is 3.53. The zero-order valence-corrected chi connectivity index (χ0v) is 15.4. The first-order valence-corrected chi connectivity index (χ1v) is 8.92. The van der Waals surface area contributed by atoms with Crippen LogP contribution in [0.5, 0.6) is 11.5 Å². The van der Waals surface area contributed by atoms with Gasteiger partial charge in [-0.05, 0) is 54.8 Å². The number of aryl methyl sites for hydroxylation is 2. The zero-order chi connectivity index (χ0) is 18.2. The zero-order valence-electron chi connectivity index (χ0n) is 15.4. The maximum atomic E-state index is 5.82. The fourth-order valence-corrected chi connectivity index (χ4v) is 2.86. The van der Waals surface area contributed by atoms with E-state index in [0.29, 0.717) is 13.2 Å². The van der Waals surface area contributed by atoms with Crippen LogP contribution < -0.4 is 14.8 Å². The Hall–Kier alpha value is -2.94. The molecule has 0 spiro atoms. The van der Waals surface area contributed by atoms with Gasteiger partial charge in [-0.2, -0.15) is 0 Å². The van der Waals surface area contributed by atoms with Crippen molar-refractivity contribution in [3.05, 3.63) is 89.5 Å². The summed E-state index contributed by atoms with van der Waals surface area (Å²) in [4.78, 5) is 0. The Morgan fingerprint density at radius 1 is 0.692 bits per heavy atom. The summed E-state index contributed by atoms with van der Waals surface area (Å²) in [6.07, 6.45) is 0. The predicted octanol–water partition coefficient (Wildman–Crippen LogP) is 5.37. The van der Waals surface area contributed by atoms with Crippen LogP contribution in [0, 0.1) is 13.8 Å². The van der Waals surface area contributed by atoms with Crippen LogP contribution in [0.15, 0.2) is 72.8 Å². The standard InChI is InChI=1S/C23H25NO2/c1-18-8-6-9-19(2)23(18)24-17-20-10-7-13-22(16-20)26-15-14-25-21-11-4-3-5-12-21/h3-13,16,24H,14-15,17H2,1-2H3. The molecule has 0 fully saturated rings. The molecule has 26 heavy (non-hydrogen) atoms. The van der Waals surface area contributed by atoms with Crippen LogP contribution in [0.1, 0.15) is 16.7 Å². The van der Waals surface area contributed by atoms with E-state index in [1.165, 1.54) is 22.4 Å². The van der Waals surface area contributed by atoms with Crippen LogP contribution >= 0.6 is 0 Å². The van der Waals surface area contributed by atoms with Crippen LogP contribution in [0.2, 0.25) is 0 Å². The number of para-hydroxylation sites is 2. The molecule has 0 aliphatic carbocycles. The highest BCUT2D eigenvalue weighted by atomic mass is 16.5. The highest BCUT2D eigenvalue weighted by Gasteiger charge is 2.03. The Balaban J connectivity index is 1.50. The number of benzene rings is 3. The third-order valence-electron chi connectivity index (χ3n) is 4.21. The van der Waals surface area contributed by atoms with Gasteiger partial charge < -0.3 is 14.8 Å². The number of rotatable bonds is 8. The molecule has 0 aliphatic heterocycles. The minimum absolute atomic E-state index is 0.517. The third-order valence-corrected chi connectivity index (χ3v) is 4.21. The van der Waals surface area contributed by atoms with Gasteiger partial charge in [-0.3, -0.25) is 0 Å². The van der Waals surface area contributed by atoms with Gasteiger partial charge in [0.25, 0.3) is 0 Å². The van der Waals surface area contributed by atoms with Crippen molar-refractivity contribution < 1.29 is 9.47 Å². The summed E-state index contributed by atoms with van der Waals surface area (Å²) in [6.45, 7) is 6.06. The van der Waals surface area contributed by atoms with Gasteiger partial charge >= 0.3 is 0 Å². The van der Waals surface area contributed by atoms with E-state index in [-0.39, 0.29) is 0 Å². The van der Waals surface area contributed by atoms with Crippen molar-refractivity contribution in [3.8, 4) is 11.5 Å². The summed E-state index contributed by atoms with van der Waals surface area (Å²) >= 11 is 0. The smallest absolute Gasteiger partial charge is 0.122 e. The number of nitrogens with one attached hydrogen (secondary N) is 1. The van der Waals surface area contributed by atoms with E-state index in [1.807, 2.05) is 42.5 Å². The second-order valence-corrected chi connectivity index (χ2v) is 6.28. The van der Waals surface area contributed by atoms with Gasteiger partial charge in [-0.25, -0.2) is 0 Å². The second-order valence-electron chi connectivity index (χ2n) is 6.28. The van der Waals surface area contributed by atoms with Crippen molar-refractivity contribution in [2.24, 2.45) is 0 Å². The molecule has 0 saturated heterocycles. The van der Waals surface area contributed by atoms with E-state index in [1.54, 1.807) is 0 Å². The molecule has 0 heterocycles. The number of ether oxygens (including phenoxy) is 2. The van der Waals surface area contributed by atoms with Crippen molar-refractivity contribution in [3.63, 3.8) is 0 Å². The molecule has 0 amide bonds. The molecular weight excluding hydrogens is 322 g/mol. The Morgan fingerprint density at radius 2 is 1.31 bits per heavy atom.